The first kappa shape index (κ1) is 18.5. The lowest BCUT2D eigenvalue weighted by Crippen LogP contribution is -2.29. The molecule has 0 heterocycles. The Balaban J connectivity index is 1.61. The van der Waals surface area contributed by atoms with E-state index < -0.39 is 17.8 Å². The summed E-state index contributed by atoms with van der Waals surface area (Å²) in [6.45, 7) is -0.219. The number of carbonyl (C=O) groups excluding carboxylic acids is 1. The molecule has 0 aromatic heterocycles. The number of nitrogens with one attached hydrogen (secondary N) is 2. The molecule has 0 bridgehead atoms. The number of carbonyl (C=O) groups is 1. The van der Waals surface area contributed by atoms with Gasteiger partial charge in [-0.1, -0.05) is 60.7 Å². The Kier molecular flexibility index (Phi) is 5.45. The lowest BCUT2D eigenvalue weighted by Gasteiger charge is -2.13. The normalized spacial score (nSPS) is 11.1. The minimum atomic E-state index is -4.46. The van der Waals surface area contributed by atoms with Gasteiger partial charge in [-0.2, -0.15) is 13.2 Å². The summed E-state index contributed by atoms with van der Waals surface area (Å²) in [6, 6.07) is 21.6. The first-order chi connectivity index (χ1) is 12.9. The van der Waals surface area contributed by atoms with Gasteiger partial charge in [0.1, 0.15) is 0 Å². The van der Waals surface area contributed by atoms with Crippen LogP contribution in [0, 0.1) is 0 Å². The van der Waals surface area contributed by atoms with Crippen molar-refractivity contribution in [2.75, 3.05) is 5.32 Å². The van der Waals surface area contributed by atoms with Crippen LogP contribution in [0.4, 0.5) is 23.7 Å². The predicted octanol–water partition coefficient (Wildman–Crippen LogP) is 5.69. The summed E-state index contributed by atoms with van der Waals surface area (Å²) in [5, 5.41) is 5.07. The Labute approximate surface area is 154 Å². The van der Waals surface area contributed by atoms with Crippen LogP contribution in [0.3, 0.4) is 0 Å². The molecule has 0 radical (unpaired) electrons. The molecule has 3 rings (SSSR count). The molecule has 0 spiro atoms. The van der Waals surface area contributed by atoms with E-state index in [0.717, 1.165) is 17.2 Å². The topological polar surface area (TPSA) is 41.1 Å². The first-order valence-electron chi connectivity index (χ1n) is 8.29. The van der Waals surface area contributed by atoms with E-state index in [9.17, 15) is 18.0 Å². The fraction of sp³-hybridized carbons (Fsp3) is 0.0952. The van der Waals surface area contributed by atoms with Gasteiger partial charge < -0.3 is 10.6 Å². The van der Waals surface area contributed by atoms with Crippen molar-refractivity contribution in [1.29, 1.82) is 0 Å². The molecule has 0 aliphatic heterocycles. The van der Waals surface area contributed by atoms with E-state index >= 15 is 0 Å². The van der Waals surface area contributed by atoms with E-state index in [1.54, 1.807) is 12.1 Å². The monoisotopic (exact) mass is 370 g/mol. The predicted molar refractivity (Wildman–Crippen MR) is 99.2 cm³/mol. The van der Waals surface area contributed by atoms with Gasteiger partial charge in [0.05, 0.1) is 5.56 Å². The molecule has 3 aromatic rings. The SMILES string of the molecule is O=C(NCc1ccccc1C(F)(F)F)Nc1ccc(-c2ccccc2)cc1. The van der Waals surface area contributed by atoms with Crippen LogP contribution in [0.5, 0.6) is 0 Å². The van der Waals surface area contributed by atoms with Crippen LogP contribution in [0.2, 0.25) is 0 Å². The Bertz CT molecular complexity index is 907. The molecular weight excluding hydrogens is 353 g/mol. The Hall–Kier alpha value is -3.28. The number of anilines is 1. The largest absolute Gasteiger partial charge is 0.416 e. The van der Waals surface area contributed by atoms with Crippen molar-refractivity contribution in [2.45, 2.75) is 12.7 Å². The quantitative estimate of drug-likeness (QED) is 0.608. The van der Waals surface area contributed by atoms with Gasteiger partial charge in [0.2, 0.25) is 0 Å². The number of rotatable bonds is 4. The molecule has 6 heteroatoms. The third-order valence-electron chi connectivity index (χ3n) is 4.01. The summed E-state index contributed by atoms with van der Waals surface area (Å²) in [7, 11) is 0. The van der Waals surface area contributed by atoms with E-state index in [1.165, 1.54) is 18.2 Å². The average molecular weight is 370 g/mol. The third kappa shape index (κ3) is 4.88. The van der Waals surface area contributed by atoms with Crippen LogP contribution < -0.4 is 10.6 Å². The summed E-state index contributed by atoms with van der Waals surface area (Å²) in [5.41, 5.74) is 1.87. The number of benzene rings is 3. The minimum Gasteiger partial charge on any atom is -0.334 e. The van der Waals surface area contributed by atoms with Crippen LogP contribution in [-0.4, -0.2) is 6.03 Å². The molecule has 0 atom stereocenters. The highest BCUT2D eigenvalue weighted by Gasteiger charge is 2.32. The van der Waals surface area contributed by atoms with Crippen LogP contribution in [0.25, 0.3) is 11.1 Å². The Morgan fingerprint density at radius 3 is 2.04 bits per heavy atom. The van der Waals surface area contributed by atoms with Gasteiger partial charge in [-0.25, -0.2) is 4.79 Å². The van der Waals surface area contributed by atoms with Gasteiger partial charge in [0.15, 0.2) is 0 Å². The van der Waals surface area contributed by atoms with Crippen LogP contribution in [0.15, 0.2) is 78.9 Å². The van der Waals surface area contributed by atoms with Crippen molar-refractivity contribution in [1.82, 2.24) is 5.32 Å². The first-order valence-corrected chi connectivity index (χ1v) is 8.29. The van der Waals surface area contributed by atoms with Gasteiger partial charge in [-0.3, -0.25) is 0 Å². The average Bonchev–Trinajstić information content (AvgIpc) is 2.67. The molecule has 2 amide bonds. The maximum absolute atomic E-state index is 13.0. The van der Waals surface area contributed by atoms with E-state index in [4.69, 9.17) is 0 Å². The second-order valence-corrected chi connectivity index (χ2v) is 5.91. The van der Waals surface area contributed by atoms with E-state index in [0.29, 0.717) is 5.69 Å². The fourth-order valence-corrected chi connectivity index (χ4v) is 2.68. The molecule has 3 aromatic carbocycles. The van der Waals surface area contributed by atoms with Gasteiger partial charge in [0, 0.05) is 12.2 Å². The highest BCUT2D eigenvalue weighted by atomic mass is 19.4. The van der Waals surface area contributed by atoms with Gasteiger partial charge in [-0.05, 0) is 34.9 Å². The molecule has 0 fully saturated rings. The van der Waals surface area contributed by atoms with Gasteiger partial charge in [0.25, 0.3) is 0 Å². The molecule has 2 N–H and O–H groups in total. The maximum atomic E-state index is 13.0. The second kappa shape index (κ2) is 7.95. The van der Waals surface area contributed by atoms with Crippen LogP contribution in [-0.2, 0) is 12.7 Å². The van der Waals surface area contributed by atoms with Crippen LogP contribution in [0.1, 0.15) is 11.1 Å². The Morgan fingerprint density at radius 1 is 0.778 bits per heavy atom. The summed E-state index contributed by atoms with van der Waals surface area (Å²) in [6.07, 6.45) is -4.46. The number of urea groups is 1. The lowest BCUT2D eigenvalue weighted by atomic mass is 10.1. The standard InChI is InChI=1S/C21H17F3N2O/c22-21(23,24)19-9-5-4-8-17(19)14-25-20(27)26-18-12-10-16(11-13-18)15-6-2-1-3-7-15/h1-13H,14H2,(H2,25,26,27). The zero-order valence-corrected chi connectivity index (χ0v) is 14.3. The molecule has 27 heavy (non-hydrogen) atoms. The zero-order valence-electron chi connectivity index (χ0n) is 14.3. The molecule has 0 saturated carbocycles. The van der Waals surface area contributed by atoms with Crippen LogP contribution >= 0.6 is 0 Å². The van der Waals surface area contributed by atoms with Crippen molar-refractivity contribution < 1.29 is 18.0 Å². The van der Waals surface area contributed by atoms with Crippen molar-refractivity contribution >= 4 is 11.7 Å². The molecule has 0 saturated heterocycles. The summed E-state index contributed by atoms with van der Waals surface area (Å²) >= 11 is 0. The highest BCUT2D eigenvalue weighted by molar-refractivity contribution is 5.89. The molecule has 0 aliphatic rings. The van der Waals surface area contributed by atoms with Crippen molar-refractivity contribution in [2.24, 2.45) is 0 Å². The number of halogens is 3. The number of hydrogen-bond acceptors (Lipinski definition) is 1. The molecule has 138 valence electrons. The molecular formula is C21H17F3N2O. The van der Waals surface area contributed by atoms with Gasteiger partial charge >= 0.3 is 12.2 Å². The highest BCUT2D eigenvalue weighted by Crippen LogP contribution is 2.31. The fourth-order valence-electron chi connectivity index (χ4n) is 2.68. The minimum absolute atomic E-state index is 0.0135. The zero-order chi connectivity index (χ0) is 19.3. The van der Waals surface area contributed by atoms with E-state index in [-0.39, 0.29) is 12.1 Å². The third-order valence-corrected chi connectivity index (χ3v) is 4.01. The molecule has 0 unspecified atom stereocenters. The van der Waals surface area contributed by atoms with E-state index in [1.807, 2.05) is 42.5 Å². The van der Waals surface area contributed by atoms with Crippen molar-refractivity contribution in [3.05, 3.63) is 90.0 Å². The maximum Gasteiger partial charge on any atom is 0.416 e. The molecule has 3 nitrogen and oxygen atoms in total. The summed E-state index contributed by atoms with van der Waals surface area (Å²) < 4.78 is 38.9. The Morgan fingerprint density at radius 2 is 1.37 bits per heavy atom. The summed E-state index contributed by atoms with van der Waals surface area (Å²) in [5.74, 6) is 0. The lowest BCUT2D eigenvalue weighted by molar-refractivity contribution is -0.138. The van der Waals surface area contributed by atoms with E-state index in [2.05, 4.69) is 10.6 Å². The summed E-state index contributed by atoms with van der Waals surface area (Å²) in [4.78, 5) is 12.0. The number of hydrogen-bond donors (Lipinski definition) is 2. The van der Waals surface area contributed by atoms with Crippen molar-refractivity contribution in [3.63, 3.8) is 0 Å². The van der Waals surface area contributed by atoms with Gasteiger partial charge in [-0.15, -0.1) is 0 Å². The van der Waals surface area contributed by atoms with Crippen molar-refractivity contribution in [3.8, 4) is 11.1 Å². The molecule has 0 aliphatic carbocycles. The second-order valence-electron chi connectivity index (χ2n) is 5.91. The number of alkyl halides is 3. The smallest absolute Gasteiger partial charge is 0.334 e. The number of amides is 2.